The first-order chi connectivity index (χ1) is 10.2. The molecule has 0 aliphatic rings. The number of rotatable bonds is 9. The minimum Gasteiger partial charge on any atom is -0.461 e. The highest BCUT2D eigenvalue weighted by Crippen LogP contribution is 2.12. The van der Waals surface area contributed by atoms with Crippen molar-refractivity contribution in [3.63, 3.8) is 0 Å². The van der Waals surface area contributed by atoms with Crippen molar-refractivity contribution in [2.45, 2.75) is 0 Å². The average Bonchev–Trinajstić information content (AvgIpc) is 2.53. The number of hydrogen-bond donors (Lipinski definition) is 0. The Labute approximate surface area is 124 Å². The molecule has 0 bridgehead atoms. The highest BCUT2D eigenvalue weighted by Gasteiger charge is 2.08. The summed E-state index contributed by atoms with van der Waals surface area (Å²) in [6.45, 7) is 8.13. The van der Waals surface area contributed by atoms with Crippen LogP contribution >= 0.6 is 0 Å². The summed E-state index contributed by atoms with van der Waals surface area (Å²) in [5.74, 6) is -0.915. The molecule has 0 unspecified atom stereocenters. The van der Waals surface area contributed by atoms with Crippen LogP contribution in [0.15, 0.2) is 55.6 Å². The van der Waals surface area contributed by atoms with Crippen molar-refractivity contribution >= 4 is 17.6 Å². The number of anilines is 1. The monoisotopic (exact) mass is 289 g/mol. The second kappa shape index (κ2) is 9.36. The van der Waals surface area contributed by atoms with Gasteiger partial charge in [0.05, 0.1) is 13.1 Å². The van der Waals surface area contributed by atoms with Gasteiger partial charge in [-0.15, -0.1) is 0 Å². The summed E-state index contributed by atoms with van der Waals surface area (Å²) in [5.41, 5.74) is 0.960. The molecule has 0 saturated heterocycles. The first-order valence-corrected chi connectivity index (χ1v) is 6.55. The zero-order valence-electron chi connectivity index (χ0n) is 11.9. The predicted molar refractivity (Wildman–Crippen MR) is 81.0 cm³/mol. The van der Waals surface area contributed by atoms with Crippen LogP contribution in [-0.2, 0) is 19.1 Å². The molecule has 112 valence electrons. The van der Waals surface area contributed by atoms with Crippen LogP contribution in [0.2, 0.25) is 0 Å². The fourth-order valence-electron chi connectivity index (χ4n) is 1.64. The molecule has 0 atom stereocenters. The Hall–Kier alpha value is -2.56. The molecule has 0 spiro atoms. The Morgan fingerprint density at radius 1 is 0.952 bits per heavy atom. The van der Waals surface area contributed by atoms with Crippen LogP contribution in [0, 0.1) is 0 Å². The molecule has 0 aromatic heterocycles. The van der Waals surface area contributed by atoms with E-state index in [1.165, 1.54) is 0 Å². The second-order valence-electron chi connectivity index (χ2n) is 4.07. The molecule has 5 heteroatoms. The first-order valence-electron chi connectivity index (χ1n) is 6.55. The molecular weight excluding hydrogens is 270 g/mol. The largest absolute Gasteiger partial charge is 0.461 e. The van der Waals surface area contributed by atoms with Gasteiger partial charge < -0.3 is 14.4 Å². The fourth-order valence-corrected chi connectivity index (χ4v) is 1.64. The summed E-state index contributed by atoms with van der Waals surface area (Å²) in [4.78, 5) is 24.0. The maximum absolute atomic E-state index is 11.0. The standard InChI is InChI=1S/C16H19NO4/c1-3-15(18)20-12-10-17(11-13-21-16(19)4-2)14-8-6-5-7-9-14/h3-9H,1-2,10-13H2. The summed E-state index contributed by atoms with van der Waals surface area (Å²) in [6.07, 6.45) is 2.25. The third-order valence-corrected chi connectivity index (χ3v) is 2.67. The molecular formula is C16H19NO4. The number of hydrogen-bond acceptors (Lipinski definition) is 5. The third kappa shape index (κ3) is 6.42. The second-order valence-corrected chi connectivity index (χ2v) is 4.07. The molecule has 0 aliphatic heterocycles. The van der Waals surface area contributed by atoms with E-state index in [0.717, 1.165) is 17.8 Å². The SMILES string of the molecule is C=CC(=O)OCCN(CCOC(=O)C=C)c1ccccc1. The highest BCUT2D eigenvalue weighted by molar-refractivity contribution is 5.81. The van der Waals surface area contributed by atoms with E-state index >= 15 is 0 Å². The molecule has 5 nitrogen and oxygen atoms in total. The zero-order chi connectivity index (χ0) is 15.5. The van der Waals surface area contributed by atoms with Crippen LogP contribution in [0.25, 0.3) is 0 Å². The predicted octanol–water partition coefficient (Wildman–Crippen LogP) is 1.95. The van der Waals surface area contributed by atoms with E-state index in [2.05, 4.69) is 13.2 Å². The number of ether oxygens (including phenoxy) is 2. The Morgan fingerprint density at radius 3 is 1.86 bits per heavy atom. The molecule has 1 aromatic rings. The van der Waals surface area contributed by atoms with E-state index in [0.29, 0.717) is 13.1 Å². The van der Waals surface area contributed by atoms with Gasteiger partial charge in [0.1, 0.15) is 13.2 Å². The highest BCUT2D eigenvalue weighted by atomic mass is 16.5. The average molecular weight is 289 g/mol. The first kappa shape index (κ1) is 16.5. The van der Waals surface area contributed by atoms with Gasteiger partial charge in [-0.1, -0.05) is 31.4 Å². The Balaban J connectivity index is 2.54. The maximum Gasteiger partial charge on any atom is 0.330 e. The van der Waals surface area contributed by atoms with Crippen LogP contribution in [0.3, 0.4) is 0 Å². The van der Waals surface area contributed by atoms with Crippen LogP contribution in [0.1, 0.15) is 0 Å². The lowest BCUT2D eigenvalue weighted by atomic mass is 10.3. The van der Waals surface area contributed by atoms with Crippen LogP contribution in [-0.4, -0.2) is 38.2 Å². The number of carbonyl (C=O) groups excluding carboxylic acids is 2. The van der Waals surface area contributed by atoms with Crippen LogP contribution in [0.4, 0.5) is 5.69 Å². The number of esters is 2. The van der Waals surface area contributed by atoms with Gasteiger partial charge in [-0.2, -0.15) is 0 Å². The Bertz CT molecular complexity index is 458. The van der Waals surface area contributed by atoms with E-state index in [1.807, 2.05) is 35.2 Å². The third-order valence-electron chi connectivity index (χ3n) is 2.67. The van der Waals surface area contributed by atoms with Crippen molar-refractivity contribution in [1.29, 1.82) is 0 Å². The molecule has 0 saturated carbocycles. The number of nitrogens with zero attached hydrogens (tertiary/aromatic N) is 1. The molecule has 0 aliphatic carbocycles. The molecule has 21 heavy (non-hydrogen) atoms. The summed E-state index contributed by atoms with van der Waals surface area (Å²) in [7, 11) is 0. The Kier molecular flexibility index (Phi) is 7.35. The molecule has 0 fully saturated rings. The normalized spacial score (nSPS) is 9.52. The van der Waals surface area contributed by atoms with E-state index in [1.54, 1.807) is 0 Å². The summed E-state index contributed by atoms with van der Waals surface area (Å²) >= 11 is 0. The van der Waals surface area contributed by atoms with E-state index < -0.39 is 11.9 Å². The van der Waals surface area contributed by atoms with Crippen molar-refractivity contribution in [3.05, 3.63) is 55.6 Å². The smallest absolute Gasteiger partial charge is 0.330 e. The lowest BCUT2D eigenvalue weighted by molar-refractivity contribution is -0.137. The number of benzene rings is 1. The van der Waals surface area contributed by atoms with Gasteiger partial charge in [0, 0.05) is 17.8 Å². The van der Waals surface area contributed by atoms with E-state index in [-0.39, 0.29) is 13.2 Å². The van der Waals surface area contributed by atoms with Gasteiger partial charge in [0.2, 0.25) is 0 Å². The van der Waals surface area contributed by atoms with Gasteiger partial charge in [-0.05, 0) is 12.1 Å². The molecule has 1 rings (SSSR count). The fraction of sp³-hybridized carbons (Fsp3) is 0.250. The molecule has 0 radical (unpaired) electrons. The van der Waals surface area contributed by atoms with Gasteiger partial charge in [-0.3, -0.25) is 0 Å². The molecule has 1 aromatic carbocycles. The lowest BCUT2D eigenvalue weighted by Gasteiger charge is -2.24. The quantitative estimate of drug-likeness (QED) is 0.514. The van der Waals surface area contributed by atoms with Crippen molar-refractivity contribution in [2.24, 2.45) is 0 Å². The van der Waals surface area contributed by atoms with E-state index in [9.17, 15) is 9.59 Å². The number of para-hydroxylation sites is 1. The summed E-state index contributed by atoms with van der Waals surface area (Å²) < 4.78 is 9.94. The summed E-state index contributed by atoms with van der Waals surface area (Å²) in [5, 5.41) is 0. The topological polar surface area (TPSA) is 55.8 Å². The minimum atomic E-state index is -0.457. The van der Waals surface area contributed by atoms with Crippen LogP contribution in [0.5, 0.6) is 0 Å². The van der Waals surface area contributed by atoms with Gasteiger partial charge in [0.15, 0.2) is 0 Å². The lowest BCUT2D eigenvalue weighted by Crippen LogP contribution is -2.31. The van der Waals surface area contributed by atoms with Crippen LogP contribution < -0.4 is 4.90 Å². The zero-order valence-corrected chi connectivity index (χ0v) is 11.9. The van der Waals surface area contributed by atoms with E-state index in [4.69, 9.17) is 9.47 Å². The Morgan fingerprint density at radius 2 is 1.43 bits per heavy atom. The van der Waals surface area contributed by atoms with Gasteiger partial charge >= 0.3 is 11.9 Å². The minimum absolute atomic E-state index is 0.231. The summed E-state index contributed by atoms with van der Waals surface area (Å²) in [6, 6.07) is 9.61. The number of carbonyl (C=O) groups is 2. The maximum atomic E-state index is 11.0. The van der Waals surface area contributed by atoms with Crippen molar-refractivity contribution in [1.82, 2.24) is 0 Å². The molecule has 0 amide bonds. The van der Waals surface area contributed by atoms with Crippen molar-refractivity contribution < 1.29 is 19.1 Å². The molecule has 0 N–H and O–H groups in total. The molecule has 0 heterocycles. The van der Waals surface area contributed by atoms with Gasteiger partial charge in [-0.25, -0.2) is 9.59 Å². The van der Waals surface area contributed by atoms with Crippen molar-refractivity contribution in [3.8, 4) is 0 Å². The van der Waals surface area contributed by atoms with Gasteiger partial charge in [0.25, 0.3) is 0 Å². The van der Waals surface area contributed by atoms with Crippen molar-refractivity contribution in [2.75, 3.05) is 31.2 Å².